The molecule has 1 N–H and O–H groups in total. The van der Waals surface area contributed by atoms with Gasteiger partial charge in [-0.05, 0) is 79.6 Å². The summed E-state index contributed by atoms with van der Waals surface area (Å²) in [5, 5.41) is 2.72. The van der Waals surface area contributed by atoms with Crippen LogP contribution >= 0.6 is 0 Å². The number of benzene rings is 2. The van der Waals surface area contributed by atoms with E-state index < -0.39 is 5.91 Å². The third kappa shape index (κ3) is 6.73. The Morgan fingerprint density at radius 2 is 1.61 bits per heavy atom. The van der Waals surface area contributed by atoms with Crippen molar-refractivity contribution in [3.63, 3.8) is 0 Å². The number of rotatable bonds is 8. The molecule has 5 rings (SSSR count). The predicted octanol–water partition coefficient (Wildman–Crippen LogP) is 5.40. The van der Waals surface area contributed by atoms with Crippen LogP contribution in [0.2, 0.25) is 0 Å². The highest BCUT2D eigenvalue weighted by Gasteiger charge is 2.30. The Kier molecular flexibility index (Phi) is 8.28. The number of pyridine rings is 2. The topological polar surface area (TPSA) is 111 Å². The summed E-state index contributed by atoms with van der Waals surface area (Å²) in [4.78, 5) is 48.9. The molecule has 0 spiro atoms. The molecule has 2 aromatic heterocycles. The number of methoxy groups -OCH3 is 1. The molecule has 3 heterocycles. The molecule has 1 saturated heterocycles. The van der Waals surface area contributed by atoms with E-state index >= 15 is 0 Å². The summed E-state index contributed by atoms with van der Waals surface area (Å²) in [5.74, 6) is 0.00583. The molecule has 0 aliphatic carbocycles. The Balaban J connectivity index is 1.16. The van der Waals surface area contributed by atoms with E-state index in [2.05, 4.69) is 15.3 Å². The lowest BCUT2D eigenvalue weighted by molar-refractivity contribution is 0.0631. The van der Waals surface area contributed by atoms with Crippen molar-refractivity contribution in [3.8, 4) is 17.4 Å². The average molecular weight is 555 g/mol. The van der Waals surface area contributed by atoms with Gasteiger partial charge in [-0.1, -0.05) is 0 Å². The monoisotopic (exact) mass is 554 g/mol. The average Bonchev–Trinajstić information content (AvgIpc) is 3.02. The van der Waals surface area contributed by atoms with Gasteiger partial charge in [0.1, 0.15) is 23.0 Å². The highest BCUT2D eigenvalue weighted by Crippen LogP contribution is 2.24. The Morgan fingerprint density at radius 3 is 2.27 bits per heavy atom. The van der Waals surface area contributed by atoms with Gasteiger partial charge < -0.3 is 19.7 Å². The van der Waals surface area contributed by atoms with Gasteiger partial charge in [0.15, 0.2) is 5.78 Å². The van der Waals surface area contributed by atoms with Gasteiger partial charge in [-0.15, -0.1) is 0 Å². The van der Waals surface area contributed by atoms with Gasteiger partial charge in [0.25, 0.3) is 11.8 Å². The van der Waals surface area contributed by atoms with Gasteiger partial charge in [0.2, 0.25) is 5.88 Å². The van der Waals surface area contributed by atoms with Gasteiger partial charge in [-0.2, -0.15) is 0 Å². The molecule has 2 aromatic carbocycles. The molecule has 10 heteroatoms. The number of Topliss-reactive ketones (excluding diaryl/α,β-unsaturated/α-hetero) is 1. The van der Waals surface area contributed by atoms with Crippen LogP contribution < -0.4 is 14.8 Å². The number of nitrogens with one attached hydrogen (secondary N) is 1. The fourth-order valence-corrected chi connectivity index (χ4v) is 4.52. The molecule has 9 nitrogen and oxygen atoms in total. The molecule has 2 amide bonds. The second-order valence-corrected chi connectivity index (χ2v) is 9.51. The van der Waals surface area contributed by atoms with Crippen LogP contribution in [0, 0.1) is 11.7 Å². The molecule has 1 unspecified atom stereocenters. The third-order valence-corrected chi connectivity index (χ3v) is 6.73. The summed E-state index contributed by atoms with van der Waals surface area (Å²) in [6.07, 6.45) is 4.18. The van der Waals surface area contributed by atoms with E-state index in [1.807, 2.05) is 0 Å². The number of carbonyl (C=O) groups excluding carboxylic acids is 3. The second kappa shape index (κ2) is 12.4. The van der Waals surface area contributed by atoms with Crippen molar-refractivity contribution in [2.45, 2.75) is 12.8 Å². The molecule has 0 saturated carbocycles. The minimum atomic E-state index is -0.423. The first-order valence-corrected chi connectivity index (χ1v) is 13.0. The van der Waals surface area contributed by atoms with Crippen molar-refractivity contribution in [1.82, 2.24) is 14.9 Å². The molecule has 208 valence electrons. The Morgan fingerprint density at radius 1 is 0.878 bits per heavy atom. The van der Waals surface area contributed by atoms with Crippen molar-refractivity contribution in [2.75, 3.05) is 25.5 Å². The molecule has 1 aliphatic rings. The first kappa shape index (κ1) is 27.4. The van der Waals surface area contributed by atoms with E-state index in [9.17, 15) is 18.8 Å². The maximum absolute atomic E-state index is 13.1. The number of halogens is 1. The molecule has 0 radical (unpaired) electrons. The third-order valence-electron chi connectivity index (χ3n) is 6.73. The zero-order valence-electron chi connectivity index (χ0n) is 22.2. The number of anilines is 1. The largest absolute Gasteiger partial charge is 0.497 e. The van der Waals surface area contributed by atoms with E-state index in [0.29, 0.717) is 48.7 Å². The first-order valence-electron chi connectivity index (χ1n) is 13.0. The highest BCUT2D eigenvalue weighted by atomic mass is 19.1. The van der Waals surface area contributed by atoms with Crippen molar-refractivity contribution in [2.24, 2.45) is 5.92 Å². The number of hydrogen-bond acceptors (Lipinski definition) is 7. The normalized spacial score (nSPS) is 14.7. The number of likely N-dealkylation sites (tertiary alicyclic amines) is 1. The van der Waals surface area contributed by atoms with Crippen LogP contribution in [0.15, 0.2) is 85.2 Å². The number of piperidine rings is 1. The van der Waals surface area contributed by atoms with E-state index in [4.69, 9.17) is 9.47 Å². The number of aromatic nitrogens is 2. The molecule has 41 heavy (non-hydrogen) atoms. The van der Waals surface area contributed by atoms with E-state index in [1.54, 1.807) is 48.4 Å². The van der Waals surface area contributed by atoms with Crippen molar-refractivity contribution >= 4 is 23.3 Å². The predicted molar refractivity (Wildman–Crippen MR) is 149 cm³/mol. The lowest BCUT2D eigenvalue weighted by Gasteiger charge is -2.32. The lowest BCUT2D eigenvalue weighted by Crippen LogP contribution is -2.42. The maximum Gasteiger partial charge on any atom is 0.272 e. The van der Waals surface area contributed by atoms with Crippen molar-refractivity contribution in [3.05, 3.63) is 108 Å². The molecule has 1 atom stereocenters. The SMILES string of the molecule is COc1ccc(C(=O)C2CCCN(C(=O)c3ccc(C(=O)Nc4ccc(Oc5ccc(F)cc5)nc4)cn3)C2)cc1. The molecule has 1 aliphatic heterocycles. The smallest absolute Gasteiger partial charge is 0.272 e. The number of ether oxygens (including phenoxy) is 2. The van der Waals surface area contributed by atoms with E-state index in [0.717, 1.165) is 0 Å². The minimum absolute atomic E-state index is 0.00493. The van der Waals surface area contributed by atoms with Gasteiger partial charge in [0, 0.05) is 36.8 Å². The molecule has 1 fully saturated rings. The fourth-order valence-electron chi connectivity index (χ4n) is 4.52. The zero-order valence-corrected chi connectivity index (χ0v) is 22.2. The molecular formula is C31H27FN4O5. The van der Waals surface area contributed by atoms with Crippen LogP contribution in [0.1, 0.15) is 44.0 Å². The summed E-state index contributed by atoms with van der Waals surface area (Å²) >= 11 is 0. The minimum Gasteiger partial charge on any atom is -0.497 e. The summed E-state index contributed by atoms with van der Waals surface area (Å²) < 4.78 is 23.8. The Labute approximate surface area is 236 Å². The summed E-state index contributed by atoms with van der Waals surface area (Å²) in [5.41, 5.74) is 1.48. The maximum atomic E-state index is 13.1. The number of nitrogens with zero attached hydrogens (tertiary/aromatic N) is 3. The van der Waals surface area contributed by atoms with Gasteiger partial charge >= 0.3 is 0 Å². The van der Waals surface area contributed by atoms with E-state index in [-0.39, 0.29) is 40.6 Å². The Bertz CT molecular complexity index is 1530. The number of amides is 2. The van der Waals surface area contributed by atoms with Crippen LogP contribution in [0.5, 0.6) is 17.4 Å². The van der Waals surface area contributed by atoms with E-state index in [1.165, 1.54) is 48.8 Å². The van der Waals surface area contributed by atoms with Crippen LogP contribution in [-0.2, 0) is 0 Å². The van der Waals surface area contributed by atoms with Crippen LogP contribution in [-0.4, -0.2) is 52.7 Å². The number of carbonyl (C=O) groups is 3. The fraction of sp³-hybridized carbons (Fsp3) is 0.194. The van der Waals surface area contributed by atoms with Crippen LogP contribution in [0.3, 0.4) is 0 Å². The number of ketones is 1. The Hall–Kier alpha value is -5.12. The molecular weight excluding hydrogens is 527 g/mol. The van der Waals surface area contributed by atoms with Gasteiger partial charge in [-0.25, -0.2) is 9.37 Å². The van der Waals surface area contributed by atoms with Gasteiger partial charge in [-0.3, -0.25) is 19.4 Å². The summed E-state index contributed by atoms with van der Waals surface area (Å²) in [6, 6.07) is 18.7. The van der Waals surface area contributed by atoms with Crippen LogP contribution in [0.4, 0.5) is 10.1 Å². The number of hydrogen-bond donors (Lipinski definition) is 1. The summed E-state index contributed by atoms with van der Waals surface area (Å²) in [7, 11) is 1.57. The molecule has 0 bridgehead atoms. The summed E-state index contributed by atoms with van der Waals surface area (Å²) in [6.45, 7) is 0.838. The first-order chi connectivity index (χ1) is 19.9. The second-order valence-electron chi connectivity index (χ2n) is 9.51. The highest BCUT2D eigenvalue weighted by molar-refractivity contribution is 6.04. The van der Waals surface area contributed by atoms with Gasteiger partial charge in [0.05, 0.1) is 24.6 Å². The molecule has 4 aromatic rings. The lowest BCUT2D eigenvalue weighted by atomic mass is 9.90. The van der Waals surface area contributed by atoms with Crippen molar-refractivity contribution in [1.29, 1.82) is 0 Å². The standard InChI is InChI=1S/C31H27FN4O5/c1-40-25-10-4-20(5-11-25)29(37)22-3-2-16-36(19-22)31(39)27-14-6-21(17-33-27)30(38)35-24-9-15-28(34-18-24)41-26-12-7-23(32)8-13-26/h4-15,17-18,22H,2-3,16,19H2,1H3,(H,35,38). The van der Waals surface area contributed by atoms with Crippen molar-refractivity contribution < 1.29 is 28.2 Å². The van der Waals surface area contributed by atoms with Crippen LogP contribution in [0.25, 0.3) is 0 Å². The zero-order chi connectivity index (χ0) is 28.8. The quantitative estimate of drug-likeness (QED) is 0.290.